The van der Waals surface area contributed by atoms with E-state index in [0.29, 0.717) is 36.4 Å². The topological polar surface area (TPSA) is 80.1 Å². The maximum Gasteiger partial charge on any atom is 0.219 e. The van der Waals surface area contributed by atoms with Gasteiger partial charge in [-0.05, 0) is 29.2 Å². The third-order valence-electron chi connectivity index (χ3n) is 4.06. The van der Waals surface area contributed by atoms with E-state index in [4.69, 9.17) is 0 Å². The van der Waals surface area contributed by atoms with Crippen molar-refractivity contribution in [2.75, 3.05) is 10.6 Å². The Bertz CT molecular complexity index is 831. The number of Topliss-reactive ketones (excluding diaryl/α,β-unsaturated/α-hetero) is 1. The molecule has 4 rings (SSSR count). The lowest BCUT2D eigenvalue weighted by atomic mass is 9.86. The van der Waals surface area contributed by atoms with Crippen LogP contribution in [0.3, 0.4) is 0 Å². The number of aromatic nitrogens is 2. The van der Waals surface area contributed by atoms with Gasteiger partial charge in [-0.15, -0.1) is 0 Å². The van der Waals surface area contributed by atoms with Crippen LogP contribution in [0.1, 0.15) is 30.9 Å². The molecular formula is C15H12F2N4O2. The van der Waals surface area contributed by atoms with Crippen molar-refractivity contribution in [1.29, 1.82) is 0 Å². The number of fused-ring (bicyclic) bond motifs is 1. The molecule has 0 amide bonds. The van der Waals surface area contributed by atoms with Crippen LogP contribution in [0.15, 0.2) is 34.1 Å². The second-order valence-electron chi connectivity index (χ2n) is 5.50. The summed E-state index contributed by atoms with van der Waals surface area (Å²) in [5.41, 5.74) is 1.27. The van der Waals surface area contributed by atoms with Crippen molar-refractivity contribution < 1.29 is 18.2 Å². The van der Waals surface area contributed by atoms with E-state index in [1.807, 2.05) is 0 Å². The van der Waals surface area contributed by atoms with Crippen LogP contribution in [-0.2, 0) is 4.79 Å². The van der Waals surface area contributed by atoms with Crippen LogP contribution in [0.25, 0.3) is 0 Å². The lowest BCUT2D eigenvalue weighted by Gasteiger charge is -2.25. The van der Waals surface area contributed by atoms with Gasteiger partial charge in [-0.1, -0.05) is 6.07 Å². The predicted molar refractivity (Wildman–Crippen MR) is 76.5 cm³/mol. The second kappa shape index (κ2) is 5.15. The zero-order valence-electron chi connectivity index (χ0n) is 11.9. The molecule has 2 aromatic rings. The quantitative estimate of drug-likeness (QED) is 0.841. The van der Waals surface area contributed by atoms with E-state index in [1.54, 1.807) is 0 Å². The Morgan fingerprint density at radius 2 is 2.00 bits per heavy atom. The monoisotopic (exact) mass is 318 g/mol. The highest BCUT2D eigenvalue weighted by molar-refractivity contribution is 6.00. The number of carbonyl (C=O) groups excluding carboxylic acids is 1. The molecule has 2 heterocycles. The molecular weight excluding hydrogens is 306 g/mol. The molecule has 1 aromatic heterocycles. The van der Waals surface area contributed by atoms with Crippen molar-refractivity contribution >= 4 is 17.4 Å². The lowest BCUT2D eigenvalue weighted by Crippen LogP contribution is -2.24. The van der Waals surface area contributed by atoms with Crippen LogP contribution in [0.2, 0.25) is 0 Å². The molecule has 1 aromatic carbocycles. The van der Waals surface area contributed by atoms with Crippen molar-refractivity contribution in [2.24, 2.45) is 0 Å². The number of nitrogens with one attached hydrogen (secondary N) is 2. The highest BCUT2D eigenvalue weighted by Gasteiger charge is 2.35. The Hall–Kier alpha value is -2.77. The van der Waals surface area contributed by atoms with Gasteiger partial charge >= 0.3 is 0 Å². The predicted octanol–water partition coefficient (Wildman–Crippen LogP) is 2.93. The summed E-state index contributed by atoms with van der Waals surface area (Å²) in [7, 11) is 0. The van der Waals surface area contributed by atoms with Gasteiger partial charge in [0.05, 0.1) is 6.04 Å². The van der Waals surface area contributed by atoms with E-state index >= 15 is 0 Å². The summed E-state index contributed by atoms with van der Waals surface area (Å²) in [6.45, 7) is 0. The number of ketones is 1. The third-order valence-corrected chi connectivity index (χ3v) is 4.06. The highest BCUT2D eigenvalue weighted by Crippen LogP contribution is 2.39. The first-order valence-electron chi connectivity index (χ1n) is 7.21. The zero-order valence-corrected chi connectivity index (χ0v) is 11.9. The summed E-state index contributed by atoms with van der Waals surface area (Å²) in [5.74, 6) is -0.862. The Morgan fingerprint density at radius 3 is 2.83 bits per heavy atom. The Labute approximate surface area is 129 Å². The molecule has 6 nitrogen and oxygen atoms in total. The number of benzene rings is 1. The molecule has 0 saturated carbocycles. The Kier molecular flexibility index (Phi) is 3.10. The van der Waals surface area contributed by atoms with Crippen molar-refractivity contribution in [3.63, 3.8) is 0 Å². The van der Waals surface area contributed by atoms with Crippen LogP contribution >= 0.6 is 0 Å². The molecule has 1 aliphatic heterocycles. The summed E-state index contributed by atoms with van der Waals surface area (Å²) < 4.78 is 32.1. The molecule has 0 radical (unpaired) electrons. The molecule has 0 unspecified atom stereocenters. The fourth-order valence-corrected chi connectivity index (χ4v) is 3.01. The Balaban J connectivity index is 1.89. The van der Waals surface area contributed by atoms with Gasteiger partial charge in [0.25, 0.3) is 0 Å². The summed E-state index contributed by atoms with van der Waals surface area (Å²) in [6, 6.07) is 2.51. The lowest BCUT2D eigenvalue weighted by molar-refractivity contribution is -0.116. The number of rotatable bonds is 1. The van der Waals surface area contributed by atoms with Crippen molar-refractivity contribution in [1.82, 2.24) is 10.3 Å². The highest BCUT2D eigenvalue weighted by atomic mass is 19.1. The maximum atomic E-state index is 14.3. The van der Waals surface area contributed by atoms with Gasteiger partial charge in [0.1, 0.15) is 11.6 Å². The fourth-order valence-electron chi connectivity index (χ4n) is 3.01. The van der Waals surface area contributed by atoms with Gasteiger partial charge in [0.2, 0.25) is 11.6 Å². The van der Waals surface area contributed by atoms with E-state index in [1.165, 1.54) is 6.07 Å². The average molecular weight is 318 g/mol. The molecule has 1 atom stereocenters. The number of halogens is 2. The normalized spacial score (nSPS) is 20.3. The second-order valence-corrected chi connectivity index (χ2v) is 5.50. The number of anilines is 2. The van der Waals surface area contributed by atoms with Crippen LogP contribution in [-0.4, -0.2) is 16.1 Å². The molecule has 8 heteroatoms. The number of carbonyl (C=O) groups is 1. The van der Waals surface area contributed by atoms with Crippen LogP contribution < -0.4 is 10.6 Å². The number of allylic oxidation sites excluding steroid dienone is 1. The minimum atomic E-state index is -0.779. The molecule has 2 aliphatic rings. The van der Waals surface area contributed by atoms with Crippen LogP contribution in [0, 0.1) is 11.6 Å². The maximum absolute atomic E-state index is 14.3. The molecule has 23 heavy (non-hydrogen) atoms. The molecule has 0 saturated heterocycles. The van der Waals surface area contributed by atoms with Gasteiger partial charge in [0, 0.05) is 29.3 Å². The minimum absolute atomic E-state index is 0.0814. The SMILES string of the molecule is O=C1CCCC2=C1[C@@H](c1ccc(F)cc1F)Nc1nonc1N2. The molecule has 0 bridgehead atoms. The molecule has 2 N–H and O–H groups in total. The van der Waals surface area contributed by atoms with Crippen molar-refractivity contribution in [3.8, 4) is 0 Å². The van der Waals surface area contributed by atoms with E-state index < -0.39 is 17.7 Å². The molecule has 0 fully saturated rings. The summed E-state index contributed by atoms with van der Waals surface area (Å²) in [5, 5.41) is 13.5. The van der Waals surface area contributed by atoms with Crippen molar-refractivity contribution in [3.05, 3.63) is 46.7 Å². The summed E-state index contributed by atoms with van der Waals surface area (Å²) >= 11 is 0. The van der Waals surface area contributed by atoms with Crippen molar-refractivity contribution in [2.45, 2.75) is 25.3 Å². The van der Waals surface area contributed by atoms with Gasteiger partial charge in [0.15, 0.2) is 5.78 Å². The van der Waals surface area contributed by atoms with Crippen LogP contribution in [0.4, 0.5) is 20.4 Å². The molecule has 118 valence electrons. The first kappa shape index (κ1) is 13.9. The number of nitrogens with zero attached hydrogens (tertiary/aromatic N) is 2. The first-order valence-corrected chi connectivity index (χ1v) is 7.21. The smallest absolute Gasteiger partial charge is 0.219 e. The van der Waals surface area contributed by atoms with E-state index in [2.05, 4.69) is 25.6 Å². The van der Waals surface area contributed by atoms with Gasteiger partial charge < -0.3 is 10.6 Å². The van der Waals surface area contributed by atoms with E-state index in [0.717, 1.165) is 12.1 Å². The largest absolute Gasteiger partial charge is 0.353 e. The fraction of sp³-hybridized carbons (Fsp3) is 0.267. The average Bonchev–Trinajstić information content (AvgIpc) is 2.87. The summed E-state index contributed by atoms with van der Waals surface area (Å²) in [6.07, 6.45) is 1.72. The van der Waals surface area contributed by atoms with Crippen LogP contribution in [0.5, 0.6) is 0 Å². The van der Waals surface area contributed by atoms with Gasteiger partial charge in [-0.2, -0.15) is 0 Å². The van der Waals surface area contributed by atoms with E-state index in [9.17, 15) is 13.6 Å². The first-order chi connectivity index (χ1) is 11.1. The molecule has 1 aliphatic carbocycles. The van der Waals surface area contributed by atoms with Gasteiger partial charge in [-0.25, -0.2) is 13.4 Å². The Morgan fingerprint density at radius 1 is 1.17 bits per heavy atom. The van der Waals surface area contributed by atoms with E-state index in [-0.39, 0.29) is 17.2 Å². The minimum Gasteiger partial charge on any atom is -0.353 e. The number of hydrogen-bond acceptors (Lipinski definition) is 6. The standard InChI is InChI=1S/C15H12F2N4O2/c16-7-4-5-8(9(17)6-7)13-12-10(2-1-3-11(12)22)18-14-15(19-13)21-23-20-14/h4-6,13H,1-3H2,(H,18,20)(H,19,21)/t13-/m1/s1. The number of hydrogen-bond donors (Lipinski definition) is 2. The zero-order chi connectivity index (χ0) is 16.0. The van der Waals surface area contributed by atoms with Gasteiger partial charge in [-0.3, -0.25) is 4.79 Å². The third kappa shape index (κ3) is 2.26. The summed E-state index contributed by atoms with van der Waals surface area (Å²) in [4.78, 5) is 12.4. The molecule has 0 spiro atoms.